The summed E-state index contributed by atoms with van der Waals surface area (Å²) < 4.78 is 0. The summed E-state index contributed by atoms with van der Waals surface area (Å²) in [6, 6.07) is 30.6. The van der Waals surface area contributed by atoms with E-state index in [1.807, 2.05) is 67.6 Å². The van der Waals surface area contributed by atoms with Gasteiger partial charge in [-0.1, -0.05) is 78.9 Å². The fourth-order valence-corrected chi connectivity index (χ4v) is 3.38. The molecule has 3 nitrogen and oxygen atoms in total. The van der Waals surface area contributed by atoms with Crippen LogP contribution in [-0.2, 0) is 0 Å². The summed E-state index contributed by atoms with van der Waals surface area (Å²) in [5.74, 6) is 0.255. The highest BCUT2D eigenvalue weighted by Gasteiger charge is 2.14. The molecule has 2 N–H and O–H groups in total. The number of aromatic nitrogens is 1. The third kappa shape index (κ3) is 3.24. The van der Waals surface area contributed by atoms with Gasteiger partial charge < -0.3 is 5.73 Å². The zero-order valence-corrected chi connectivity index (χ0v) is 15.6. The molecule has 3 heteroatoms. The number of rotatable bonds is 3. The molecule has 0 aliphatic rings. The van der Waals surface area contributed by atoms with Crippen LogP contribution in [-0.4, -0.2) is 4.98 Å². The average Bonchev–Trinajstić information content (AvgIpc) is 2.74. The number of aryl methyl sites for hydroxylation is 1. The molecule has 3 aromatic carbocycles. The van der Waals surface area contributed by atoms with Gasteiger partial charge in [0.2, 0.25) is 0 Å². The van der Waals surface area contributed by atoms with E-state index in [9.17, 15) is 5.26 Å². The van der Waals surface area contributed by atoms with Crippen LogP contribution in [0.5, 0.6) is 0 Å². The van der Waals surface area contributed by atoms with Gasteiger partial charge in [-0.05, 0) is 35.2 Å². The summed E-state index contributed by atoms with van der Waals surface area (Å²) in [6.07, 6.45) is 0. The van der Waals surface area contributed by atoms with E-state index in [-0.39, 0.29) is 5.82 Å². The molecule has 0 aliphatic heterocycles. The van der Waals surface area contributed by atoms with Gasteiger partial charge in [-0.3, -0.25) is 0 Å². The van der Waals surface area contributed by atoms with E-state index in [0.717, 1.165) is 39.1 Å². The number of nitrogens with two attached hydrogens (primary N) is 1. The minimum Gasteiger partial charge on any atom is -0.383 e. The maximum atomic E-state index is 9.64. The molecule has 0 bridgehead atoms. The Morgan fingerprint density at radius 1 is 0.750 bits per heavy atom. The molecule has 4 rings (SSSR count). The third-order valence-electron chi connectivity index (χ3n) is 4.88. The Balaban J connectivity index is 1.83. The molecule has 4 aromatic rings. The lowest BCUT2D eigenvalue weighted by molar-refractivity contribution is 1.29. The van der Waals surface area contributed by atoms with Crippen molar-refractivity contribution >= 4 is 5.82 Å². The smallest absolute Gasteiger partial charge is 0.142 e. The molecule has 28 heavy (non-hydrogen) atoms. The van der Waals surface area contributed by atoms with Crippen molar-refractivity contribution in [2.75, 3.05) is 5.73 Å². The molecule has 0 unspecified atom stereocenters. The SMILES string of the molecule is Cc1ccccc1-c1cc(-c2ccc(-c3ccccc3)cc2)c(C#N)c(N)n1. The van der Waals surface area contributed by atoms with Gasteiger partial charge in [-0.2, -0.15) is 5.26 Å². The molecule has 134 valence electrons. The molecule has 0 aliphatic carbocycles. The lowest BCUT2D eigenvalue weighted by Gasteiger charge is -2.12. The third-order valence-corrected chi connectivity index (χ3v) is 4.88. The summed E-state index contributed by atoms with van der Waals surface area (Å²) >= 11 is 0. The largest absolute Gasteiger partial charge is 0.383 e. The van der Waals surface area contributed by atoms with E-state index in [1.165, 1.54) is 0 Å². The first-order valence-corrected chi connectivity index (χ1v) is 9.10. The van der Waals surface area contributed by atoms with Gasteiger partial charge in [-0.15, -0.1) is 0 Å². The van der Waals surface area contributed by atoms with E-state index in [2.05, 4.69) is 35.3 Å². The number of anilines is 1. The van der Waals surface area contributed by atoms with Gasteiger partial charge in [0.05, 0.1) is 5.69 Å². The van der Waals surface area contributed by atoms with Crippen molar-refractivity contribution in [3.63, 3.8) is 0 Å². The lowest BCUT2D eigenvalue weighted by Crippen LogP contribution is -2.00. The summed E-state index contributed by atoms with van der Waals surface area (Å²) in [5, 5.41) is 9.64. The second-order valence-corrected chi connectivity index (χ2v) is 6.69. The normalized spacial score (nSPS) is 10.4. The Kier molecular flexibility index (Phi) is 4.62. The number of nitriles is 1. The van der Waals surface area contributed by atoms with Crippen LogP contribution in [0, 0.1) is 18.3 Å². The van der Waals surface area contributed by atoms with Crippen LogP contribution >= 0.6 is 0 Å². The van der Waals surface area contributed by atoms with Gasteiger partial charge in [0, 0.05) is 11.1 Å². The Labute approximate surface area is 164 Å². The monoisotopic (exact) mass is 361 g/mol. The Hall–Kier alpha value is -3.90. The molecule has 0 radical (unpaired) electrons. The first kappa shape index (κ1) is 17.5. The second-order valence-electron chi connectivity index (χ2n) is 6.69. The van der Waals surface area contributed by atoms with Crippen LogP contribution in [0.25, 0.3) is 33.5 Å². The molecule has 0 amide bonds. The Morgan fingerprint density at radius 2 is 1.36 bits per heavy atom. The zero-order chi connectivity index (χ0) is 19.5. The van der Waals surface area contributed by atoms with Crippen LogP contribution in [0.3, 0.4) is 0 Å². The molecular weight excluding hydrogens is 342 g/mol. The van der Waals surface area contributed by atoms with E-state index in [1.54, 1.807) is 0 Å². The van der Waals surface area contributed by atoms with Gasteiger partial charge in [-0.25, -0.2) is 4.98 Å². The number of benzene rings is 3. The number of nitrogens with zero attached hydrogens (tertiary/aromatic N) is 2. The van der Waals surface area contributed by atoms with Crippen LogP contribution < -0.4 is 5.73 Å². The summed E-state index contributed by atoms with van der Waals surface area (Å²) in [4.78, 5) is 4.48. The minimum absolute atomic E-state index is 0.255. The zero-order valence-electron chi connectivity index (χ0n) is 15.6. The van der Waals surface area contributed by atoms with Crippen LogP contribution in [0.15, 0.2) is 84.9 Å². The lowest BCUT2D eigenvalue weighted by atomic mass is 9.95. The van der Waals surface area contributed by atoms with Crippen molar-refractivity contribution < 1.29 is 0 Å². The molecule has 0 fully saturated rings. The molecule has 1 aromatic heterocycles. The van der Waals surface area contributed by atoms with Crippen molar-refractivity contribution in [2.24, 2.45) is 0 Å². The van der Waals surface area contributed by atoms with Crippen molar-refractivity contribution in [2.45, 2.75) is 6.92 Å². The summed E-state index contributed by atoms with van der Waals surface area (Å²) in [7, 11) is 0. The van der Waals surface area contributed by atoms with Gasteiger partial charge in [0.15, 0.2) is 0 Å². The molecule has 0 saturated carbocycles. The highest BCUT2D eigenvalue weighted by molar-refractivity contribution is 5.81. The maximum absolute atomic E-state index is 9.64. The standard InChI is InChI=1S/C25H19N3/c1-17-7-5-6-10-21(17)24-15-22(23(16-26)25(27)28-24)20-13-11-19(12-14-20)18-8-3-2-4-9-18/h2-15H,1H3,(H2,27,28). The first-order valence-electron chi connectivity index (χ1n) is 9.10. The summed E-state index contributed by atoms with van der Waals surface area (Å²) in [5.41, 5.74) is 13.5. The van der Waals surface area contributed by atoms with E-state index < -0.39 is 0 Å². The van der Waals surface area contributed by atoms with E-state index >= 15 is 0 Å². The van der Waals surface area contributed by atoms with Crippen molar-refractivity contribution in [3.05, 3.63) is 96.1 Å². The average molecular weight is 361 g/mol. The predicted octanol–water partition coefficient (Wildman–Crippen LogP) is 5.84. The predicted molar refractivity (Wildman–Crippen MR) is 114 cm³/mol. The number of nitrogen functional groups attached to an aromatic ring is 1. The maximum Gasteiger partial charge on any atom is 0.142 e. The van der Waals surface area contributed by atoms with Gasteiger partial charge >= 0.3 is 0 Å². The Morgan fingerprint density at radius 3 is 2.04 bits per heavy atom. The minimum atomic E-state index is 0.255. The Bertz CT molecular complexity index is 1170. The molecule has 0 atom stereocenters. The number of hydrogen-bond acceptors (Lipinski definition) is 3. The molecule has 0 saturated heterocycles. The van der Waals surface area contributed by atoms with Gasteiger partial charge in [0.25, 0.3) is 0 Å². The number of hydrogen-bond donors (Lipinski definition) is 1. The van der Waals surface area contributed by atoms with Crippen molar-refractivity contribution in [3.8, 4) is 39.6 Å². The number of pyridine rings is 1. The summed E-state index contributed by atoms with van der Waals surface area (Å²) in [6.45, 7) is 2.04. The van der Waals surface area contributed by atoms with E-state index in [4.69, 9.17) is 5.73 Å². The van der Waals surface area contributed by atoms with E-state index in [0.29, 0.717) is 5.56 Å². The fraction of sp³-hybridized carbons (Fsp3) is 0.0400. The first-order chi connectivity index (χ1) is 13.7. The topological polar surface area (TPSA) is 62.7 Å². The fourth-order valence-electron chi connectivity index (χ4n) is 3.38. The highest BCUT2D eigenvalue weighted by Crippen LogP contribution is 2.33. The van der Waals surface area contributed by atoms with Crippen molar-refractivity contribution in [1.29, 1.82) is 5.26 Å². The second kappa shape index (κ2) is 7.38. The van der Waals surface area contributed by atoms with Crippen LogP contribution in [0.2, 0.25) is 0 Å². The quantitative estimate of drug-likeness (QED) is 0.498. The molecule has 1 heterocycles. The molecule has 0 spiro atoms. The highest BCUT2D eigenvalue weighted by atomic mass is 14.8. The van der Waals surface area contributed by atoms with Crippen molar-refractivity contribution in [1.82, 2.24) is 4.98 Å². The van der Waals surface area contributed by atoms with Crippen LogP contribution in [0.4, 0.5) is 5.82 Å². The van der Waals surface area contributed by atoms with Crippen LogP contribution in [0.1, 0.15) is 11.1 Å². The molecular formula is C25H19N3. The van der Waals surface area contributed by atoms with Gasteiger partial charge in [0.1, 0.15) is 17.5 Å².